The highest BCUT2D eigenvalue weighted by molar-refractivity contribution is 5.61. The van der Waals surface area contributed by atoms with E-state index >= 15 is 0 Å². The normalized spacial score (nSPS) is 10.2. The highest BCUT2D eigenvalue weighted by Crippen LogP contribution is 2.27. The molecule has 18 heavy (non-hydrogen) atoms. The minimum absolute atomic E-state index is 0.314. The number of nitrogen functional groups attached to an aromatic ring is 1. The highest BCUT2D eigenvalue weighted by atomic mass is 16.5. The lowest BCUT2D eigenvalue weighted by Crippen LogP contribution is -2.31. The molecule has 0 spiro atoms. The van der Waals surface area contributed by atoms with E-state index in [-0.39, 0.29) is 0 Å². The van der Waals surface area contributed by atoms with Crippen molar-refractivity contribution in [3.8, 4) is 11.8 Å². The Morgan fingerprint density at radius 3 is 2.67 bits per heavy atom. The van der Waals surface area contributed by atoms with Crippen LogP contribution < -0.4 is 15.4 Å². The zero-order valence-corrected chi connectivity index (χ0v) is 11.3. The molecule has 0 saturated carbocycles. The van der Waals surface area contributed by atoms with Crippen LogP contribution in [0.2, 0.25) is 0 Å². The molecule has 4 heteroatoms. The quantitative estimate of drug-likeness (QED) is 0.785. The van der Waals surface area contributed by atoms with Gasteiger partial charge in [0.2, 0.25) is 0 Å². The Hall–Kier alpha value is -1.89. The van der Waals surface area contributed by atoms with Crippen molar-refractivity contribution >= 4 is 11.4 Å². The first-order valence-corrected chi connectivity index (χ1v) is 6.25. The van der Waals surface area contributed by atoms with Crippen molar-refractivity contribution < 1.29 is 4.74 Å². The maximum atomic E-state index is 8.71. The van der Waals surface area contributed by atoms with Crippen LogP contribution in [0.5, 0.6) is 5.75 Å². The number of benzene rings is 1. The number of hydrogen-bond acceptors (Lipinski definition) is 4. The lowest BCUT2D eigenvalue weighted by Gasteiger charge is -2.28. The fraction of sp³-hybridized carbons (Fsp3) is 0.500. The van der Waals surface area contributed by atoms with E-state index < -0.39 is 0 Å². The molecular weight excluding hydrogens is 226 g/mol. The van der Waals surface area contributed by atoms with Crippen LogP contribution in [0, 0.1) is 11.3 Å². The fourth-order valence-electron chi connectivity index (χ4n) is 1.88. The van der Waals surface area contributed by atoms with Gasteiger partial charge in [-0.2, -0.15) is 5.26 Å². The predicted molar refractivity (Wildman–Crippen MR) is 74.7 cm³/mol. The van der Waals surface area contributed by atoms with Crippen LogP contribution >= 0.6 is 0 Å². The predicted octanol–water partition coefficient (Wildman–Crippen LogP) is 2.80. The molecule has 0 aliphatic carbocycles. The van der Waals surface area contributed by atoms with Gasteiger partial charge in [-0.25, -0.2) is 0 Å². The maximum absolute atomic E-state index is 8.71. The Bertz CT molecular complexity index is 424. The molecule has 1 aromatic carbocycles. The van der Waals surface area contributed by atoms with Crippen molar-refractivity contribution in [1.82, 2.24) is 0 Å². The van der Waals surface area contributed by atoms with Crippen LogP contribution in [0.1, 0.15) is 27.2 Å². The van der Waals surface area contributed by atoms with E-state index in [1.165, 1.54) is 0 Å². The van der Waals surface area contributed by atoms with Gasteiger partial charge in [-0.15, -0.1) is 0 Å². The summed E-state index contributed by atoms with van der Waals surface area (Å²) in [5, 5.41) is 8.71. The van der Waals surface area contributed by atoms with Crippen LogP contribution in [0.15, 0.2) is 18.2 Å². The molecular formula is C14H21N3O. The Balaban J connectivity index is 3.00. The summed E-state index contributed by atoms with van der Waals surface area (Å²) in [6.45, 7) is 7.45. The number of rotatable bonds is 6. The van der Waals surface area contributed by atoms with Crippen LogP contribution in [0.3, 0.4) is 0 Å². The first-order chi connectivity index (χ1) is 8.58. The van der Waals surface area contributed by atoms with E-state index in [9.17, 15) is 0 Å². The second-order valence-corrected chi connectivity index (χ2v) is 4.39. The highest BCUT2D eigenvalue weighted by Gasteiger charge is 2.12. The molecule has 0 aliphatic rings. The smallest absolute Gasteiger partial charge is 0.123 e. The molecule has 1 aromatic rings. The topological polar surface area (TPSA) is 62.3 Å². The molecule has 4 nitrogen and oxygen atoms in total. The van der Waals surface area contributed by atoms with E-state index in [2.05, 4.69) is 24.8 Å². The summed E-state index contributed by atoms with van der Waals surface area (Å²) >= 11 is 0. The first kappa shape index (κ1) is 14.2. The Morgan fingerprint density at radius 2 is 2.11 bits per heavy atom. The zero-order chi connectivity index (χ0) is 13.5. The van der Waals surface area contributed by atoms with Crippen molar-refractivity contribution in [2.45, 2.75) is 33.2 Å². The first-order valence-electron chi connectivity index (χ1n) is 6.25. The monoisotopic (exact) mass is 247 g/mol. The molecule has 2 N–H and O–H groups in total. The van der Waals surface area contributed by atoms with Gasteiger partial charge >= 0.3 is 0 Å². The molecule has 0 bridgehead atoms. The number of anilines is 2. The van der Waals surface area contributed by atoms with Gasteiger partial charge < -0.3 is 15.4 Å². The zero-order valence-electron chi connectivity index (χ0n) is 11.3. The van der Waals surface area contributed by atoms with Gasteiger partial charge in [-0.3, -0.25) is 0 Å². The summed E-state index contributed by atoms with van der Waals surface area (Å²) in [7, 11) is 0. The largest absolute Gasteiger partial charge is 0.494 e. The number of nitrogens with two attached hydrogens (primary N) is 1. The number of ether oxygens (including phenoxy) is 1. The van der Waals surface area contributed by atoms with E-state index in [1.807, 2.05) is 25.1 Å². The van der Waals surface area contributed by atoms with Crippen molar-refractivity contribution in [2.24, 2.45) is 0 Å². The van der Waals surface area contributed by atoms with E-state index in [0.717, 1.165) is 11.4 Å². The summed E-state index contributed by atoms with van der Waals surface area (Å²) in [5.74, 6) is 0.773. The average molecular weight is 247 g/mol. The molecule has 0 unspecified atom stereocenters. The Kier molecular flexibility index (Phi) is 5.31. The SMILES string of the molecule is CCOc1cc(N)cc(N(CCC#N)C(C)C)c1. The molecule has 0 saturated heterocycles. The van der Waals surface area contributed by atoms with Crippen molar-refractivity contribution in [2.75, 3.05) is 23.8 Å². The molecule has 0 heterocycles. The molecule has 1 rings (SSSR count). The minimum Gasteiger partial charge on any atom is -0.494 e. The van der Waals surface area contributed by atoms with Crippen LogP contribution in [0.4, 0.5) is 11.4 Å². The van der Waals surface area contributed by atoms with Crippen molar-refractivity contribution in [3.05, 3.63) is 18.2 Å². The summed E-state index contributed by atoms with van der Waals surface area (Å²) in [5.41, 5.74) is 7.57. The molecule has 0 fully saturated rings. The van der Waals surface area contributed by atoms with Gasteiger partial charge in [0.15, 0.2) is 0 Å². The van der Waals surface area contributed by atoms with Crippen LogP contribution in [0.25, 0.3) is 0 Å². The Morgan fingerprint density at radius 1 is 1.39 bits per heavy atom. The van der Waals surface area contributed by atoms with E-state index in [1.54, 1.807) is 0 Å². The van der Waals surface area contributed by atoms with Gasteiger partial charge in [-0.05, 0) is 26.8 Å². The summed E-state index contributed by atoms with van der Waals surface area (Å²) < 4.78 is 5.49. The minimum atomic E-state index is 0.314. The number of nitriles is 1. The van der Waals surface area contributed by atoms with E-state index in [4.69, 9.17) is 15.7 Å². The summed E-state index contributed by atoms with van der Waals surface area (Å²) in [6, 6.07) is 8.19. The number of hydrogen-bond donors (Lipinski definition) is 1. The second kappa shape index (κ2) is 6.75. The second-order valence-electron chi connectivity index (χ2n) is 4.39. The van der Waals surface area contributed by atoms with Crippen molar-refractivity contribution in [1.29, 1.82) is 5.26 Å². The van der Waals surface area contributed by atoms with Gasteiger partial charge in [0.25, 0.3) is 0 Å². The lowest BCUT2D eigenvalue weighted by atomic mass is 10.2. The van der Waals surface area contributed by atoms with Crippen LogP contribution in [-0.2, 0) is 0 Å². The van der Waals surface area contributed by atoms with Gasteiger partial charge in [0, 0.05) is 36.1 Å². The molecule has 0 aliphatic heterocycles. The van der Waals surface area contributed by atoms with Crippen molar-refractivity contribution in [3.63, 3.8) is 0 Å². The molecule has 0 radical (unpaired) electrons. The van der Waals surface area contributed by atoms with Crippen LogP contribution in [-0.4, -0.2) is 19.2 Å². The molecule has 0 atom stereocenters. The third-order valence-electron chi connectivity index (χ3n) is 2.64. The molecule has 98 valence electrons. The number of nitrogens with zero attached hydrogens (tertiary/aromatic N) is 2. The van der Waals surface area contributed by atoms with Gasteiger partial charge in [-0.1, -0.05) is 0 Å². The average Bonchev–Trinajstić information content (AvgIpc) is 2.28. The maximum Gasteiger partial charge on any atom is 0.123 e. The molecule has 0 amide bonds. The summed E-state index contributed by atoms with van der Waals surface area (Å²) in [4.78, 5) is 2.15. The Labute approximate surface area is 109 Å². The van der Waals surface area contributed by atoms with Gasteiger partial charge in [0.05, 0.1) is 19.1 Å². The molecule has 0 aromatic heterocycles. The van der Waals surface area contributed by atoms with E-state index in [0.29, 0.717) is 31.3 Å². The third-order valence-corrected chi connectivity index (χ3v) is 2.64. The standard InChI is InChI=1S/C14H21N3O/c1-4-18-14-9-12(16)8-13(10-14)17(11(2)3)7-5-6-15/h8-11H,4-5,7,16H2,1-3H3. The summed E-state index contributed by atoms with van der Waals surface area (Å²) in [6.07, 6.45) is 0.497. The fourth-order valence-corrected chi connectivity index (χ4v) is 1.88. The third kappa shape index (κ3) is 3.85. The lowest BCUT2D eigenvalue weighted by molar-refractivity contribution is 0.340. The van der Waals surface area contributed by atoms with Gasteiger partial charge in [0.1, 0.15) is 5.75 Å².